The van der Waals surface area contributed by atoms with Crippen molar-refractivity contribution in [1.29, 1.82) is 0 Å². The second-order valence-corrected chi connectivity index (χ2v) is 9.08. The Kier molecular flexibility index (Phi) is 6.94. The number of aromatic nitrogens is 4. The predicted octanol–water partition coefficient (Wildman–Crippen LogP) is 3.17. The summed E-state index contributed by atoms with van der Waals surface area (Å²) in [6, 6.07) is 9.86. The van der Waals surface area contributed by atoms with Gasteiger partial charge in [-0.15, -0.1) is 10.2 Å². The van der Waals surface area contributed by atoms with Crippen molar-refractivity contribution in [2.45, 2.75) is 37.4 Å². The average molecular weight is 437 g/mol. The zero-order valence-corrected chi connectivity index (χ0v) is 17.9. The van der Waals surface area contributed by atoms with E-state index in [9.17, 15) is 4.79 Å². The molecule has 0 saturated heterocycles. The van der Waals surface area contributed by atoms with E-state index in [1.165, 1.54) is 23.1 Å². The largest absolute Gasteiger partial charge is 0.419 e. The number of carbonyl (C=O) groups is 1. The highest BCUT2D eigenvalue weighted by Gasteiger charge is 2.17. The molecule has 1 amide bonds. The first kappa shape index (κ1) is 20.6. The molecule has 8 nitrogen and oxygen atoms in total. The lowest BCUT2D eigenvalue weighted by Crippen LogP contribution is -2.33. The summed E-state index contributed by atoms with van der Waals surface area (Å²) in [5.74, 6) is 0.819. The van der Waals surface area contributed by atoms with Crippen LogP contribution >= 0.6 is 35.3 Å². The highest BCUT2D eigenvalue weighted by molar-refractivity contribution is 8.01. The summed E-state index contributed by atoms with van der Waals surface area (Å²) in [6.45, 7) is 5.11. The maximum Gasteiger partial charge on any atom is 0.247 e. The van der Waals surface area contributed by atoms with Gasteiger partial charge in [-0.3, -0.25) is 9.69 Å². The summed E-state index contributed by atoms with van der Waals surface area (Å²) in [4.78, 5) is 13.1. The number of thioether (sulfide) groups is 1. The van der Waals surface area contributed by atoms with E-state index in [1.54, 1.807) is 4.68 Å². The van der Waals surface area contributed by atoms with Crippen molar-refractivity contribution < 1.29 is 9.21 Å². The minimum absolute atomic E-state index is 0.181. The molecule has 0 aliphatic heterocycles. The van der Waals surface area contributed by atoms with Crippen molar-refractivity contribution in [1.82, 2.24) is 24.9 Å². The third-order valence-electron chi connectivity index (χ3n) is 3.80. The molecule has 0 saturated carbocycles. The van der Waals surface area contributed by atoms with Gasteiger partial charge in [-0.1, -0.05) is 41.3 Å². The van der Waals surface area contributed by atoms with E-state index in [4.69, 9.17) is 22.4 Å². The normalized spacial score (nSPS) is 11.4. The fourth-order valence-electron chi connectivity index (χ4n) is 2.32. The first-order valence-electron chi connectivity index (χ1n) is 8.53. The van der Waals surface area contributed by atoms with Crippen LogP contribution in [0.3, 0.4) is 0 Å². The van der Waals surface area contributed by atoms with Crippen LogP contribution in [0.4, 0.5) is 0 Å². The molecule has 28 heavy (non-hydrogen) atoms. The van der Waals surface area contributed by atoms with E-state index in [0.717, 1.165) is 9.90 Å². The Balaban J connectivity index is 1.70. The highest BCUT2D eigenvalue weighted by atomic mass is 32.2. The number of carbonyl (C=O) groups excluding carboxylic acids is 1. The molecule has 1 aromatic carbocycles. The molecule has 11 heteroatoms. The molecule has 0 spiro atoms. The molecule has 3 aromatic rings. The van der Waals surface area contributed by atoms with Gasteiger partial charge in [0.1, 0.15) is 0 Å². The Morgan fingerprint density at radius 1 is 1.36 bits per heavy atom. The van der Waals surface area contributed by atoms with Crippen molar-refractivity contribution >= 4 is 41.2 Å². The predicted molar refractivity (Wildman–Crippen MR) is 111 cm³/mol. The first-order chi connectivity index (χ1) is 13.4. The van der Waals surface area contributed by atoms with E-state index in [2.05, 4.69) is 34.0 Å². The van der Waals surface area contributed by atoms with Gasteiger partial charge in [0.05, 0.1) is 19.0 Å². The molecule has 0 bridgehead atoms. The Morgan fingerprint density at radius 2 is 2.11 bits per heavy atom. The zero-order valence-electron chi connectivity index (χ0n) is 15.4. The number of hydrogen-bond donors (Lipinski definition) is 1. The van der Waals surface area contributed by atoms with E-state index in [-0.39, 0.29) is 17.7 Å². The van der Waals surface area contributed by atoms with Crippen LogP contribution in [-0.2, 0) is 18.0 Å². The summed E-state index contributed by atoms with van der Waals surface area (Å²) in [6.07, 6.45) is 0. The van der Waals surface area contributed by atoms with Gasteiger partial charge >= 0.3 is 0 Å². The van der Waals surface area contributed by atoms with Gasteiger partial charge in [-0.05, 0) is 38.2 Å². The smallest absolute Gasteiger partial charge is 0.247 e. The van der Waals surface area contributed by atoms with Crippen LogP contribution in [0.1, 0.15) is 19.7 Å². The number of nitrogens with two attached hydrogens (primary N) is 1. The molecule has 0 radical (unpaired) electrons. The fraction of sp³-hybridized carbons (Fsp3) is 0.353. The Bertz CT molecular complexity index is 982. The summed E-state index contributed by atoms with van der Waals surface area (Å²) >= 11 is 8.05. The van der Waals surface area contributed by atoms with Gasteiger partial charge in [0.15, 0.2) is 8.29 Å². The molecule has 148 valence electrons. The third kappa shape index (κ3) is 5.47. The minimum Gasteiger partial charge on any atom is -0.419 e. The molecular formula is C17H20N6O2S3. The van der Waals surface area contributed by atoms with Crippen LogP contribution in [0, 0.1) is 3.95 Å². The van der Waals surface area contributed by atoms with Crippen molar-refractivity contribution in [3.8, 4) is 11.5 Å². The van der Waals surface area contributed by atoms with Crippen LogP contribution in [0.5, 0.6) is 0 Å². The Labute approximate surface area is 175 Å². The molecule has 2 N–H and O–H groups in total. The second kappa shape index (κ2) is 9.41. The van der Waals surface area contributed by atoms with Crippen LogP contribution in [0.25, 0.3) is 11.5 Å². The SMILES string of the molecule is CC(C)N(Cc1nnc(-c2ccccc2)o1)Cn1nc(SCC(N)=O)sc1=S. The van der Waals surface area contributed by atoms with E-state index in [1.807, 2.05) is 30.3 Å². The van der Waals surface area contributed by atoms with Crippen molar-refractivity contribution in [2.24, 2.45) is 5.73 Å². The average Bonchev–Trinajstić information content (AvgIpc) is 3.27. The number of hydrogen-bond acceptors (Lipinski definition) is 9. The molecule has 0 aliphatic carbocycles. The number of rotatable bonds is 9. The van der Waals surface area contributed by atoms with E-state index in [0.29, 0.717) is 28.9 Å². The van der Waals surface area contributed by atoms with Crippen LogP contribution in [0.15, 0.2) is 39.1 Å². The zero-order chi connectivity index (χ0) is 20.1. The lowest BCUT2D eigenvalue weighted by molar-refractivity contribution is -0.115. The van der Waals surface area contributed by atoms with Gasteiger partial charge in [-0.25, -0.2) is 4.68 Å². The molecule has 2 heterocycles. The molecule has 0 aliphatic rings. The Morgan fingerprint density at radius 3 is 2.79 bits per heavy atom. The number of nitrogens with zero attached hydrogens (tertiary/aromatic N) is 5. The van der Waals surface area contributed by atoms with Crippen molar-refractivity contribution in [3.05, 3.63) is 40.2 Å². The minimum atomic E-state index is -0.382. The van der Waals surface area contributed by atoms with Gasteiger partial charge in [-0.2, -0.15) is 5.10 Å². The van der Waals surface area contributed by atoms with Crippen molar-refractivity contribution in [3.63, 3.8) is 0 Å². The topological polar surface area (TPSA) is 103 Å². The summed E-state index contributed by atoms with van der Waals surface area (Å²) < 4.78 is 8.90. The van der Waals surface area contributed by atoms with Crippen LogP contribution < -0.4 is 5.73 Å². The second-order valence-electron chi connectivity index (χ2n) is 6.24. The van der Waals surface area contributed by atoms with Crippen molar-refractivity contribution in [2.75, 3.05) is 5.75 Å². The van der Waals surface area contributed by atoms with E-state index < -0.39 is 0 Å². The van der Waals surface area contributed by atoms with Crippen LogP contribution in [0.2, 0.25) is 0 Å². The fourth-order valence-corrected chi connectivity index (χ4v) is 4.38. The van der Waals surface area contributed by atoms with Gasteiger partial charge in [0.2, 0.25) is 17.7 Å². The molecule has 2 aromatic heterocycles. The maximum atomic E-state index is 11.0. The van der Waals surface area contributed by atoms with Gasteiger partial charge in [0, 0.05) is 11.6 Å². The summed E-state index contributed by atoms with van der Waals surface area (Å²) in [5, 5.41) is 12.8. The molecule has 0 atom stereocenters. The standard InChI is InChI=1S/C17H20N6O2S3/c1-11(2)22(10-23-17(26)28-16(21-23)27-9-13(18)24)8-14-19-20-15(25-14)12-6-4-3-5-7-12/h3-7,11H,8-10H2,1-2H3,(H2,18,24). The van der Waals surface area contributed by atoms with Gasteiger partial charge in [0.25, 0.3) is 0 Å². The monoisotopic (exact) mass is 436 g/mol. The highest BCUT2D eigenvalue weighted by Crippen LogP contribution is 2.23. The number of primary amides is 1. The number of amides is 1. The van der Waals surface area contributed by atoms with E-state index >= 15 is 0 Å². The quantitative estimate of drug-likeness (QED) is 0.403. The van der Waals surface area contributed by atoms with Gasteiger partial charge < -0.3 is 10.2 Å². The number of benzene rings is 1. The molecular weight excluding hydrogens is 416 g/mol. The molecule has 3 rings (SSSR count). The summed E-state index contributed by atoms with van der Waals surface area (Å²) in [5.41, 5.74) is 6.07. The lowest BCUT2D eigenvalue weighted by atomic mass is 10.2. The third-order valence-corrected chi connectivity index (χ3v) is 6.26. The Hall–Kier alpha value is -2.08. The maximum absolute atomic E-state index is 11.0. The lowest BCUT2D eigenvalue weighted by Gasteiger charge is -2.24. The van der Waals surface area contributed by atoms with Crippen LogP contribution in [-0.4, -0.2) is 42.6 Å². The molecule has 0 unspecified atom stereocenters. The first-order valence-corrected chi connectivity index (χ1v) is 10.7. The molecule has 0 fully saturated rings. The summed E-state index contributed by atoms with van der Waals surface area (Å²) in [7, 11) is 0.